The van der Waals surface area contributed by atoms with Crippen LogP contribution in [0.15, 0.2) is 255 Å². The second kappa shape index (κ2) is 16.2. The Morgan fingerprint density at radius 3 is 1.50 bits per heavy atom. The Hall–Kier alpha value is -7.72. The summed E-state index contributed by atoms with van der Waals surface area (Å²) in [6, 6.07) is 94.4. The van der Waals surface area contributed by atoms with Crippen LogP contribution in [0, 0.1) is 0 Å². The van der Waals surface area contributed by atoms with Gasteiger partial charge in [0, 0.05) is 39.5 Å². The van der Waals surface area contributed by atoms with Crippen LogP contribution >= 0.6 is 0 Å². The number of benzene rings is 10. The zero-order valence-corrected chi connectivity index (χ0v) is 37.1. The monoisotopic (exact) mass is 836 g/mol. The lowest BCUT2D eigenvalue weighted by atomic mass is 9.82. The van der Waals surface area contributed by atoms with Crippen molar-refractivity contribution in [2.75, 3.05) is 9.80 Å². The van der Waals surface area contributed by atoms with Crippen LogP contribution in [0.4, 0.5) is 34.1 Å². The number of hydrogen-bond acceptors (Lipinski definition) is 2. The lowest BCUT2D eigenvalue weighted by molar-refractivity contribution is 0.660. The summed E-state index contributed by atoms with van der Waals surface area (Å²) in [5.74, 6) is 0. The van der Waals surface area contributed by atoms with E-state index in [-0.39, 0.29) is 5.41 Å². The Labute approximate surface area is 378 Å². The predicted molar refractivity (Wildman–Crippen MR) is 274 cm³/mol. The van der Waals surface area contributed by atoms with E-state index >= 15 is 0 Å². The van der Waals surface area contributed by atoms with Crippen LogP contribution in [0.1, 0.15) is 25.0 Å². The van der Waals surface area contributed by atoms with E-state index in [2.05, 4.69) is 278 Å². The molecule has 0 aliphatic heterocycles. The van der Waals surface area contributed by atoms with Crippen LogP contribution in [-0.4, -0.2) is 8.07 Å². The third-order valence-electron chi connectivity index (χ3n) is 13.3. The quantitative estimate of drug-likeness (QED) is 0.100. The molecule has 0 atom stereocenters. The average Bonchev–Trinajstić information content (AvgIpc) is 3.59. The maximum Gasteiger partial charge on any atom is 0.181 e. The topological polar surface area (TPSA) is 6.48 Å². The van der Waals surface area contributed by atoms with Gasteiger partial charge in [-0.05, 0) is 121 Å². The van der Waals surface area contributed by atoms with E-state index in [1.165, 1.54) is 59.5 Å². The number of anilines is 6. The summed E-state index contributed by atoms with van der Waals surface area (Å²) in [4.78, 5) is 4.92. The first kappa shape index (κ1) is 39.1. The van der Waals surface area contributed by atoms with E-state index in [4.69, 9.17) is 0 Å². The summed E-state index contributed by atoms with van der Waals surface area (Å²) in [5.41, 5.74) is 12.0. The second-order valence-corrected chi connectivity index (χ2v) is 21.1. The lowest BCUT2D eigenvalue weighted by Gasteiger charge is -2.39. The first-order valence-electron chi connectivity index (χ1n) is 22.3. The van der Waals surface area contributed by atoms with Gasteiger partial charge in [0.1, 0.15) is 0 Å². The fourth-order valence-corrected chi connectivity index (χ4v) is 15.4. The molecule has 0 amide bonds. The van der Waals surface area contributed by atoms with E-state index in [1.807, 2.05) is 0 Å². The molecule has 306 valence electrons. The molecule has 64 heavy (non-hydrogen) atoms. The highest BCUT2D eigenvalue weighted by Gasteiger charge is 2.44. The third kappa shape index (κ3) is 6.56. The first-order chi connectivity index (χ1) is 31.5. The van der Waals surface area contributed by atoms with Gasteiger partial charge in [-0.1, -0.05) is 202 Å². The highest BCUT2D eigenvalue weighted by molar-refractivity contribution is 7.20. The van der Waals surface area contributed by atoms with E-state index < -0.39 is 8.07 Å². The van der Waals surface area contributed by atoms with E-state index in [9.17, 15) is 0 Å². The van der Waals surface area contributed by atoms with Crippen molar-refractivity contribution in [1.82, 2.24) is 0 Å². The number of hydrogen-bond donors (Lipinski definition) is 0. The minimum atomic E-state index is -3.17. The molecule has 0 heterocycles. The molecule has 10 aromatic rings. The van der Waals surface area contributed by atoms with Gasteiger partial charge in [-0.2, -0.15) is 0 Å². The third-order valence-corrected chi connectivity index (χ3v) is 18.2. The van der Waals surface area contributed by atoms with Crippen LogP contribution in [-0.2, 0) is 5.41 Å². The van der Waals surface area contributed by atoms with Crippen LogP contribution < -0.4 is 30.5 Å². The van der Waals surface area contributed by atoms with E-state index in [0.29, 0.717) is 0 Å². The molecule has 0 unspecified atom stereocenters. The predicted octanol–water partition coefficient (Wildman–Crippen LogP) is 13.5. The number of para-hydroxylation sites is 3. The molecule has 2 nitrogen and oxygen atoms in total. The SMILES string of the molecule is CC1(C)c2ccccc2-c2cc(N(c3ccccc3)c3ccccc3[Si](c3ccccc3)(c3ccccc3)c3cccc(N(c4ccccc4)c4ccc5ccccc5c4)c3)ccc21. The second-order valence-electron chi connectivity index (χ2n) is 17.3. The summed E-state index contributed by atoms with van der Waals surface area (Å²) in [5, 5.41) is 7.69. The molecule has 3 heteroatoms. The number of nitrogens with zero attached hydrogens (tertiary/aromatic N) is 2. The van der Waals surface area contributed by atoms with Crippen molar-refractivity contribution in [3.05, 3.63) is 266 Å². The molecule has 0 aromatic heterocycles. The Balaban J connectivity index is 1.19. The highest BCUT2D eigenvalue weighted by atomic mass is 28.3. The van der Waals surface area contributed by atoms with Gasteiger partial charge in [0.2, 0.25) is 0 Å². The van der Waals surface area contributed by atoms with Crippen molar-refractivity contribution < 1.29 is 0 Å². The number of rotatable bonds is 10. The van der Waals surface area contributed by atoms with Crippen molar-refractivity contribution in [3.63, 3.8) is 0 Å². The fraction of sp³-hybridized carbons (Fsp3) is 0.0492. The largest absolute Gasteiger partial charge is 0.311 e. The molecule has 0 bridgehead atoms. The Bertz CT molecular complexity index is 3220. The molecule has 0 spiro atoms. The molecular formula is C61H48N2Si. The molecule has 1 aliphatic rings. The molecule has 0 fully saturated rings. The molecule has 11 rings (SSSR count). The van der Waals surface area contributed by atoms with Gasteiger partial charge in [0.25, 0.3) is 0 Å². The Morgan fingerprint density at radius 1 is 0.312 bits per heavy atom. The fourth-order valence-electron chi connectivity index (χ4n) is 10.4. The van der Waals surface area contributed by atoms with Crippen molar-refractivity contribution in [2.24, 2.45) is 0 Å². The lowest BCUT2D eigenvalue weighted by Crippen LogP contribution is -2.75. The minimum absolute atomic E-state index is 0.0892. The minimum Gasteiger partial charge on any atom is -0.311 e. The maximum absolute atomic E-state index is 3.17. The summed E-state index contributed by atoms with van der Waals surface area (Å²) in [7, 11) is -3.17. The van der Waals surface area contributed by atoms with Crippen LogP contribution in [0.5, 0.6) is 0 Å². The highest BCUT2D eigenvalue weighted by Crippen LogP contribution is 2.50. The summed E-state index contributed by atoms with van der Waals surface area (Å²) in [6.07, 6.45) is 0. The van der Waals surface area contributed by atoms with Gasteiger partial charge in [-0.15, -0.1) is 0 Å². The molecule has 1 aliphatic carbocycles. The van der Waals surface area contributed by atoms with Crippen LogP contribution in [0.2, 0.25) is 0 Å². The number of fused-ring (bicyclic) bond motifs is 4. The summed E-state index contributed by atoms with van der Waals surface area (Å²) >= 11 is 0. The molecule has 10 aromatic carbocycles. The van der Waals surface area contributed by atoms with Gasteiger partial charge in [0.15, 0.2) is 8.07 Å². The van der Waals surface area contributed by atoms with Gasteiger partial charge in [0.05, 0.1) is 0 Å². The smallest absolute Gasteiger partial charge is 0.181 e. The van der Waals surface area contributed by atoms with Crippen molar-refractivity contribution in [2.45, 2.75) is 19.3 Å². The molecule has 0 radical (unpaired) electrons. The molecule has 0 N–H and O–H groups in total. The Morgan fingerprint density at radius 2 is 0.797 bits per heavy atom. The van der Waals surface area contributed by atoms with Crippen LogP contribution in [0.3, 0.4) is 0 Å². The standard InChI is InChI=1S/C61H48N2Si/c1-61(2)57-35-18-17-34-55(57)56-44-51(40-41-58(56)61)63(48-26-9-4-10-27-48)59-36-19-20-37-60(59)64(52-29-11-5-12-30-52,53-31-13-6-14-32-53)54-33-21-28-49(43-54)62(47-24-7-3-8-25-47)50-39-38-45-22-15-16-23-46(45)42-50/h3-44H,1-2H3. The van der Waals surface area contributed by atoms with Crippen LogP contribution in [0.25, 0.3) is 21.9 Å². The molecule has 0 saturated carbocycles. The van der Waals surface area contributed by atoms with Gasteiger partial charge in [-0.3, -0.25) is 0 Å². The average molecular weight is 837 g/mol. The van der Waals surface area contributed by atoms with Gasteiger partial charge >= 0.3 is 0 Å². The molecule has 0 saturated heterocycles. The van der Waals surface area contributed by atoms with E-state index in [0.717, 1.165) is 28.4 Å². The van der Waals surface area contributed by atoms with Crippen molar-refractivity contribution in [3.8, 4) is 11.1 Å². The van der Waals surface area contributed by atoms with Crippen molar-refractivity contribution in [1.29, 1.82) is 0 Å². The normalized spacial score (nSPS) is 12.7. The van der Waals surface area contributed by atoms with Crippen molar-refractivity contribution >= 4 is 73.7 Å². The first-order valence-corrected chi connectivity index (χ1v) is 24.3. The van der Waals surface area contributed by atoms with E-state index in [1.54, 1.807) is 0 Å². The van der Waals surface area contributed by atoms with Gasteiger partial charge in [-0.25, -0.2) is 0 Å². The maximum atomic E-state index is 2.51. The molecular weight excluding hydrogens is 789 g/mol. The zero-order valence-electron chi connectivity index (χ0n) is 36.1. The Kier molecular flexibility index (Phi) is 9.91. The summed E-state index contributed by atoms with van der Waals surface area (Å²) < 4.78 is 0. The summed E-state index contributed by atoms with van der Waals surface area (Å²) in [6.45, 7) is 4.71. The zero-order chi connectivity index (χ0) is 43.1. The van der Waals surface area contributed by atoms with Gasteiger partial charge < -0.3 is 9.80 Å².